The van der Waals surface area contributed by atoms with E-state index in [1.807, 2.05) is 0 Å². The summed E-state index contributed by atoms with van der Waals surface area (Å²) in [5, 5.41) is 6.36. The molecule has 5 rings (SSSR count). The first kappa shape index (κ1) is 37.9. The number of carbonyl (C=O) groups excluding carboxylic acids is 2. The van der Waals surface area contributed by atoms with E-state index < -0.39 is 68.6 Å². The molecular formula is C35H40ClF2N7O5S. The Kier molecular flexibility index (Phi) is 11.5. The molecule has 2 aromatic carbocycles. The zero-order chi connectivity index (χ0) is 37.1. The molecule has 0 radical (unpaired) electrons. The van der Waals surface area contributed by atoms with E-state index in [4.69, 9.17) is 16.3 Å². The van der Waals surface area contributed by atoms with Crippen LogP contribution in [0.5, 0.6) is 0 Å². The van der Waals surface area contributed by atoms with Crippen molar-refractivity contribution in [3.63, 3.8) is 0 Å². The van der Waals surface area contributed by atoms with Gasteiger partial charge < -0.3 is 15.0 Å². The van der Waals surface area contributed by atoms with Crippen LogP contribution < -0.4 is 5.32 Å². The second-order valence-corrected chi connectivity index (χ2v) is 16.4. The highest BCUT2D eigenvalue weighted by molar-refractivity contribution is 7.90. The molecule has 12 nitrogen and oxygen atoms in total. The molecule has 2 aliphatic rings. The summed E-state index contributed by atoms with van der Waals surface area (Å²) in [4.78, 5) is 35.3. The van der Waals surface area contributed by atoms with Crippen molar-refractivity contribution < 1.29 is 31.5 Å². The van der Waals surface area contributed by atoms with Gasteiger partial charge in [0.2, 0.25) is 15.9 Å². The fraction of sp³-hybridized carbons (Fsp3) is 0.457. The molecule has 16 heteroatoms. The number of hydrogen-bond donors (Lipinski definition) is 1. The topological polar surface area (TPSA) is 158 Å². The molecule has 1 aromatic heterocycles. The molecule has 1 N–H and O–H groups in total. The highest BCUT2D eigenvalue weighted by Crippen LogP contribution is 2.37. The third-order valence-corrected chi connectivity index (χ3v) is 11.6. The smallest absolute Gasteiger partial charge is 0.410 e. The molecule has 1 aliphatic heterocycles. The highest BCUT2D eigenvalue weighted by atomic mass is 35.5. The van der Waals surface area contributed by atoms with Crippen molar-refractivity contribution in [2.24, 2.45) is 5.11 Å². The standard InChI is InChI=1S/C35H40ClF2N7O5S/c1-21-19-44(34(47)50-35(2,3)4)20-26(45(21)51(48,49)27-13-14-27)12-15-28-29(38)17-40-18-30(28)41-33(46)32(42-43-39)31(22-8-10-24(36)11-9-22)23-6-5-7-25(37)16-23/h5-11,16-18,21,26-27,31-32H,12-15,19-20H2,1-4H3,(H,41,46)/t21-,26-,31-,32?/m0/s1. The van der Waals surface area contributed by atoms with Gasteiger partial charge in [-0.1, -0.05) is 41.0 Å². The van der Waals surface area contributed by atoms with E-state index in [0.29, 0.717) is 29.0 Å². The van der Waals surface area contributed by atoms with Crippen LogP contribution in [0.2, 0.25) is 5.02 Å². The van der Waals surface area contributed by atoms with Gasteiger partial charge in [0.25, 0.3) is 0 Å². The molecule has 0 spiro atoms. The number of nitrogens with zero attached hydrogens (tertiary/aromatic N) is 6. The number of carbonyl (C=O) groups is 2. The number of pyridine rings is 1. The van der Waals surface area contributed by atoms with E-state index >= 15 is 4.39 Å². The summed E-state index contributed by atoms with van der Waals surface area (Å²) < 4.78 is 64.2. The molecule has 0 bridgehead atoms. The van der Waals surface area contributed by atoms with Gasteiger partial charge in [0.05, 0.1) is 23.3 Å². The first-order valence-electron chi connectivity index (χ1n) is 16.6. The predicted molar refractivity (Wildman–Crippen MR) is 189 cm³/mol. The molecule has 2 amide bonds. The summed E-state index contributed by atoms with van der Waals surface area (Å²) in [5.41, 5.74) is 9.63. The number of ether oxygens (including phenoxy) is 1. The Morgan fingerprint density at radius 1 is 1.12 bits per heavy atom. The first-order chi connectivity index (χ1) is 24.1. The average molecular weight is 744 g/mol. The van der Waals surface area contributed by atoms with Crippen LogP contribution in [-0.2, 0) is 26.0 Å². The zero-order valence-electron chi connectivity index (χ0n) is 28.7. The fourth-order valence-corrected chi connectivity index (χ4v) is 8.81. The number of aromatic nitrogens is 1. The number of amides is 2. The van der Waals surface area contributed by atoms with Gasteiger partial charge in [-0.05, 0) is 94.3 Å². The van der Waals surface area contributed by atoms with E-state index in [-0.39, 0.29) is 37.2 Å². The molecule has 2 fully saturated rings. The Hall–Kier alpha value is -4.30. The van der Waals surface area contributed by atoms with Crippen LogP contribution in [0.4, 0.5) is 19.3 Å². The summed E-state index contributed by atoms with van der Waals surface area (Å²) in [7, 11) is -3.70. The summed E-state index contributed by atoms with van der Waals surface area (Å²) in [6.45, 7) is 7.10. The van der Waals surface area contributed by atoms with E-state index in [2.05, 4.69) is 20.3 Å². The van der Waals surface area contributed by atoms with Crippen molar-refractivity contribution >= 4 is 39.3 Å². The van der Waals surface area contributed by atoms with Crippen LogP contribution in [0, 0.1) is 11.6 Å². The first-order valence-corrected chi connectivity index (χ1v) is 18.5. The zero-order valence-corrected chi connectivity index (χ0v) is 30.2. The maximum Gasteiger partial charge on any atom is 0.410 e. The molecule has 2 heterocycles. The van der Waals surface area contributed by atoms with E-state index in [1.54, 1.807) is 58.0 Å². The Morgan fingerprint density at radius 3 is 2.45 bits per heavy atom. The fourth-order valence-electron chi connectivity index (χ4n) is 6.45. The van der Waals surface area contributed by atoms with Gasteiger partial charge in [-0.3, -0.25) is 9.78 Å². The van der Waals surface area contributed by atoms with Gasteiger partial charge in [-0.25, -0.2) is 22.0 Å². The molecule has 1 aliphatic carbocycles. The maximum atomic E-state index is 15.5. The van der Waals surface area contributed by atoms with Gasteiger partial charge >= 0.3 is 6.09 Å². The van der Waals surface area contributed by atoms with E-state index in [0.717, 1.165) is 6.20 Å². The normalized spacial score (nSPS) is 19.5. The largest absolute Gasteiger partial charge is 0.444 e. The lowest BCUT2D eigenvalue weighted by Crippen LogP contribution is -2.61. The number of azide groups is 1. The van der Waals surface area contributed by atoms with Gasteiger partial charge in [0.1, 0.15) is 23.3 Å². The third-order valence-electron chi connectivity index (χ3n) is 8.79. The van der Waals surface area contributed by atoms with Crippen LogP contribution in [0.15, 0.2) is 66.0 Å². The summed E-state index contributed by atoms with van der Waals surface area (Å²) >= 11 is 6.10. The molecular weight excluding hydrogens is 704 g/mol. The lowest BCUT2D eigenvalue weighted by Gasteiger charge is -2.45. The maximum absolute atomic E-state index is 15.5. The van der Waals surface area contributed by atoms with Crippen molar-refractivity contribution in [3.8, 4) is 0 Å². The number of halogens is 3. The molecule has 51 heavy (non-hydrogen) atoms. The molecule has 1 saturated heterocycles. The van der Waals surface area contributed by atoms with E-state index in [9.17, 15) is 27.9 Å². The molecule has 3 aromatic rings. The number of sulfonamides is 1. The van der Waals surface area contributed by atoms with Crippen molar-refractivity contribution in [2.75, 3.05) is 18.4 Å². The predicted octanol–water partition coefficient (Wildman–Crippen LogP) is 7.20. The second-order valence-electron chi connectivity index (χ2n) is 13.9. The van der Waals surface area contributed by atoms with Crippen molar-refractivity contribution in [1.29, 1.82) is 0 Å². The van der Waals surface area contributed by atoms with E-state index in [1.165, 1.54) is 33.6 Å². The number of piperazine rings is 1. The second kappa shape index (κ2) is 15.5. The van der Waals surface area contributed by atoms with Crippen LogP contribution in [0.3, 0.4) is 0 Å². The SMILES string of the molecule is C[C@H]1CN(C(=O)OC(C)(C)C)C[C@H](CCc2c(F)cncc2NC(=O)C(N=[N+]=[N-])[C@@H](c2ccc(Cl)cc2)c2cccc(F)c2)N1S(=O)(=O)C1CC1. The van der Waals surface area contributed by atoms with Crippen LogP contribution in [0.1, 0.15) is 69.6 Å². The quantitative estimate of drug-likeness (QED) is 0.124. The van der Waals surface area contributed by atoms with Crippen molar-refractivity contribution in [2.45, 2.75) is 88.3 Å². The highest BCUT2D eigenvalue weighted by Gasteiger charge is 2.48. The van der Waals surface area contributed by atoms with Crippen LogP contribution in [0.25, 0.3) is 10.4 Å². The average Bonchev–Trinajstić information content (AvgIpc) is 3.91. The van der Waals surface area contributed by atoms with Gasteiger partial charge in [0.15, 0.2) is 0 Å². The summed E-state index contributed by atoms with van der Waals surface area (Å²) in [6, 6.07) is 9.23. The van der Waals surface area contributed by atoms with Crippen LogP contribution in [-0.4, -0.2) is 76.7 Å². The molecule has 272 valence electrons. The number of nitrogens with one attached hydrogen (secondary N) is 1. The Balaban J connectivity index is 1.44. The Labute approximate surface area is 300 Å². The van der Waals surface area contributed by atoms with Gasteiger partial charge in [-0.2, -0.15) is 4.31 Å². The lowest BCUT2D eigenvalue weighted by molar-refractivity contribution is -0.117. The van der Waals surface area contributed by atoms with Crippen LogP contribution >= 0.6 is 11.6 Å². The lowest BCUT2D eigenvalue weighted by atomic mass is 9.84. The number of hydrogen-bond acceptors (Lipinski definition) is 7. The minimum absolute atomic E-state index is 0.0169. The summed E-state index contributed by atoms with van der Waals surface area (Å²) in [5.74, 6) is -3.09. The van der Waals surface area contributed by atoms with Crippen molar-refractivity contribution in [3.05, 3.63) is 105 Å². The number of anilines is 1. The van der Waals surface area contributed by atoms with Crippen molar-refractivity contribution in [1.82, 2.24) is 14.2 Å². The number of benzene rings is 2. The van der Waals surface area contributed by atoms with Gasteiger partial charge in [0, 0.05) is 46.6 Å². The molecule has 1 unspecified atom stereocenters. The molecule has 1 saturated carbocycles. The minimum Gasteiger partial charge on any atom is -0.444 e. The number of rotatable bonds is 11. The Morgan fingerprint density at radius 2 is 1.82 bits per heavy atom. The molecule has 4 atom stereocenters. The minimum atomic E-state index is -3.70. The third kappa shape index (κ3) is 9.14. The monoisotopic (exact) mass is 743 g/mol. The van der Waals surface area contributed by atoms with Gasteiger partial charge in [-0.15, -0.1) is 0 Å². The Bertz CT molecular complexity index is 1920. The summed E-state index contributed by atoms with van der Waals surface area (Å²) in [6.07, 6.45) is 2.78.